The standard InChI is InChI=1S/C41H47FN8O3/c1-24(2)49-23-44-34-19-33(46-38(37(34)49)45-32-9-12-43-20-31(32)42)25-7-8-30-35(16-25)50(29-17-28(18-29)48-21-26-5-6-27(26)22-48)40(52)41(30)10-13-47(14-11-41)39(51)36-4-3-15-53-36/h7-9,12,16,19-20,23-24,26-29,36H,3-6,10-11,13-15,17-18,21-22H2,1-2H3,(H,43,45,46)/t26-,27+,28?,29?,36?. The molecule has 3 saturated heterocycles. The van der Waals surface area contributed by atoms with E-state index in [-0.39, 0.29) is 35.7 Å². The summed E-state index contributed by atoms with van der Waals surface area (Å²) in [5.41, 5.74) is 4.72. The van der Waals surface area contributed by atoms with Crippen molar-refractivity contribution in [2.24, 2.45) is 11.8 Å². The molecule has 2 aliphatic carbocycles. The van der Waals surface area contributed by atoms with Gasteiger partial charge in [-0.2, -0.15) is 0 Å². The number of aromatic nitrogens is 4. The molecule has 1 unspecified atom stereocenters. The van der Waals surface area contributed by atoms with Crippen molar-refractivity contribution < 1.29 is 18.7 Å². The van der Waals surface area contributed by atoms with Crippen molar-refractivity contribution >= 4 is 40.0 Å². The molecule has 0 bridgehead atoms. The lowest BCUT2D eigenvalue weighted by atomic mass is 9.73. The van der Waals surface area contributed by atoms with E-state index in [1.807, 2.05) is 15.5 Å². The van der Waals surface area contributed by atoms with Crippen LogP contribution in [0.4, 0.5) is 21.6 Å². The van der Waals surface area contributed by atoms with E-state index in [9.17, 15) is 14.0 Å². The van der Waals surface area contributed by atoms with Crippen LogP contribution in [-0.2, 0) is 19.7 Å². The van der Waals surface area contributed by atoms with E-state index >= 15 is 0 Å². The SMILES string of the molecule is CC(C)n1cnc2cc(-c3ccc4c(c3)N(C3CC(N5C[C@H]6CC[C@H]6C5)C3)C(=O)C43CCN(C(=O)C4CCCO4)CC3)nc(Nc3ccncc3F)c21. The lowest BCUT2D eigenvalue weighted by molar-refractivity contribution is -0.144. The highest BCUT2D eigenvalue weighted by atomic mass is 19.1. The highest BCUT2D eigenvalue weighted by molar-refractivity contribution is 6.09. The summed E-state index contributed by atoms with van der Waals surface area (Å²) in [5, 5.41) is 3.24. The second kappa shape index (κ2) is 12.6. The smallest absolute Gasteiger partial charge is 0.251 e. The quantitative estimate of drug-likeness (QED) is 0.240. The van der Waals surface area contributed by atoms with Gasteiger partial charge in [0.2, 0.25) is 5.91 Å². The number of imidazole rings is 1. The van der Waals surface area contributed by atoms with Gasteiger partial charge in [0.1, 0.15) is 11.6 Å². The van der Waals surface area contributed by atoms with Gasteiger partial charge >= 0.3 is 0 Å². The molecule has 2 saturated carbocycles. The second-order valence-corrected chi connectivity index (χ2v) is 16.6. The number of anilines is 3. The van der Waals surface area contributed by atoms with E-state index in [1.165, 1.54) is 32.1 Å². The maximum atomic E-state index is 14.9. The summed E-state index contributed by atoms with van der Waals surface area (Å²) in [6.45, 7) is 8.29. The molecule has 6 aliphatic rings. The molecule has 53 heavy (non-hydrogen) atoms. The Morgan fingerprint density at radius 1 is 1.04 bits per heavy atom. The number of nitrogens with zero attached hydrogens (tertiary/aromatic N) is 7. The van der Waals surface area contributed by atoms with E-state index < -0.39 is 11.2 Å². The zero-order valence-electron chi connectivity index (χ0n) is 30.5. The molecule has 10 rings (SSSR count). The Morgan fingerprint density at radius 3 is 2.53 bits per heavy atom. The number of hydrogen-bond donors (Lipinski definition) is 1. The molecular formula is C41H47FN8O3. The van der Waals surface area contributed by atoms with Crippen LogP contribution in [0.15, 0.2) is 49.1 Å². The third-order valence-corrected chi connectivity index (χ3v) is 13.4. The number of halogens is 1. The third-order valence-electron chi connectivity index (χ3n) is 13.4. The molecule has 3 aromatic heterocycles. The normalized spacial score (nSPS) is 27.7. The van der Waals surface area contributed by atoms with E-state index in [2.05, 4.69) is 52.1 Å². The van der Waals surface area contributed by atoms with Gasteiger partial charge in [-0.05, 0) is 101 Å². The molecule has 3 atom stereocenters. The number of rotatable bonds is 7. The van der Waals surface area contributed by atoms with Crippen LogP contribution in [0.5, 0.6) is 0 Å². The molecule has 1 spiro atoms. The summed E-state index contributed by atoms with van der Waals surface area (Å²) < 4.78 is 22.6. The highest BCUT2D eigenvalue weighted by Gasteiger charge is 2.56. The minimum Gasteiger partial charge on any atom is -0.368 e. The molecule has 12 heteroatoms. The first-order valence-electron chi connectivity index (χ1n) is 19.6. The number of nitrogens with one attached hydrogen (secondary N) is 1. The van der Waals surface area contributed by atoms with Gasteiger partial charge in [0, 0.05) is 68.4 Å². The summed E-state index contributed by atoms with van der Waals surface area (Å²) >= 11 is 0. The molecule has 7 heterocycles. The molecule has 4 aromatic rings. The highest BCUT2D eigenvalue weighted by Crippen LogP contribution is 2.53. The molecule has 2 amide bonds. The van der Waals surface area contributed by atoms with Crippen LogP contribution in [0.2, 0.25) is 0 Å². The van der Waals surface area contributed by atoms with Crippen LogP contribution in [0.3, 0.4) is 0 Å². The number of hydrogen-bond acceptors (Lipinski definition) is 8. The maximum Gasteiger partial charge on any atom is 0.251 e. The van der Waals surface area contributed by atoms with Gasteiger partial charge in [0.05, 0.1) is 34.8 Å². The zero-order valence-corrected chi connectivity index (χ0v) is 30.5. The van der Waals surface area contributed by atoms with Crippen LogP contribution in [-0.4, -0.2) is 92.1 Å². The molecule has 276 valence electrons. The Labute approximate surface area is 308 Å². The molecule has 0 radical (unpaired) electrons. The van der Waals surface area contributed by atoms with E-state index in [0.29, 0.717) is 50.1 Å². The number of likely N-dealkylation sites (tertiary alicyclic amines) is 2. The molecule has 1 N–H and O–H groups in total. The van der Waals surface area contributed by atoms with Crippen LogP contribution >= 0.6 is 0 Å². The topological polar surface area (TPSA) is 109 Å². The Morgan fingerprint density at radius 2 is 1.83 bits per heavy atom. The molecular weight excluding hydrogens is 672 g/mol. The monoisotopic (exact) mass is 718 g/mol. The van der Waals surface area contributed by atoms with Crippen molar-refractivity contribution in [2.75, 3.05) is 43.0 Å². The Bertz CT molecular complexity index is 2090. The van der Waals surface area contributed by atoms with Crippen LogP contribution in [0.25, 0.3) is 22.3 Å². The second-order valence-electron chi connectivity index (χ2n) is 16.6. The number of amides is 2. The third kappa shape index (κ3) is 5.30. The van der Waals surface area contributed by atoms with E-state index in [1.54, 1.807) is 18.6 Å². The summed E-state index contributed by atoms with van der Waals surface area (Å²) in [6.07, 6.45) is 11.8. The molecule has 4 aliphatic heterocycles. The first kappa shape index (κ1) is 33.2. The van der Waals surface area contributed by atoms with Crippen molar-refractivity contribution in [3.63, 3.8) is 0 Å². The number of ether oxygens (including phenoxy) is 1. The predicted molar refractivity (Wildman–Crippen MR) is 199 cm³/mol. The summed E-state index contributed by atoms with van der Waals surface area (Å²) in [7, 11) is 0. The Kier molecular flexibility index (Phi) is 7.87. The zero-order chi connectivity index (χ0) is 36.0. The molecule has 11 nitrogen and oxygen atoms in total. The minimum atomic E-state index is -0.669. The average molecular weight is 719 g/mol. The van der Waals surface area contributed by atoms with E-state index in [0.717, 1.165) is 65.4 Å². The number of fused-ring (bicyclic) bond motifs is 4. The van der Waals surface area contributed by atoms with Gasteiger partial charge < -0.3 is 24.4 Å². The number of carbonyl (C=O) groups excluding carboxylic acids is 2. The van der Waals surface area contributed by atoms with Gasteiger partial charge in [-0.25, -0.2) is 14.4 Å². The van der Waals surface area contributed by atoms with Crippen molar-refractivity contribution in [1.29, 1.82) is 0 Å². The minimum absolute atomic E-state index is 0.0640. The number of piperidine rings is 1. The fourth-order valence-corrected chi connectivity index (χ4v) is 10.1. The largest absolute Gasteiger partial charge is 0.368 e. The fraction of sp³-hybridized carbons (Fsp3) is 0.537. The van der Waals surface area contributed by atoms with Crippen molar-refractivity contribution in [3.05, 3.63) is 60.4 Å². The van der Waals surface area contributed by atoms with Crippen LogP contribution < -0.4 is 10.2 Å². The number of benzene rings is 1. The predicted octanol–water partition coefficient (Wildman–Crippen LogP) is 6.22. The number of carbonyl (C=O) groups is 2. The summed E-state index contributed by atoms with van der Waals surface area (Å²) in [5.74, 6) is 2.00. The first-order valence-corrected chi connectivity index (χ1v) is 19.6. The van der Waals surface area contributed by atoms with Gasteiger partial charge in [0.25, 0.3) is 5.91 Å². The fourth-order valence-electron chi connectivity index (χ4n) is 10.1. The van der Waals surface area contributed by atoms with Crippen molar-refractivity contribution in [1.82, 2.24) is 29.3 Å². The van der Waals surface area contributed by atoms with Crippen molar-refractivity contribution in [3.8, 4) is 11.3 Å². The number of pyridine rings is 2. The first-order chi connectivity index (χ1) is 25.8. The van der Waals surface area contributed by atoms with E-state index in [4.69, 9.17) is 14.7 Å². The van der Waals surface area contributed by atoms with Gasteiger partial charge in [-0.1, -0.05) is 12.1 Å². The lowest BCUT2D eigenvalue weighted by Crippen LogP contribution is -2.58. The summed E-state index contributed by atoms with van der Waals surface area (Å²) in [6, 6.07) is 10.7. The van der Waals surface area contributed by atoms with Crippen molar-refractivity contribution in [2.45, 2.75) is 94.9 Å². The lowest BCUT2D eigenvalue weighted by Gasteiger charge is -2.46. The van der Waals surface area contributed by atoms with Gasteiger partial charge in [0.15, 0.2) is 11.6 Å². The van der Waals surface area contributed by atoms with Crippen LogP contribution in [0.1, 0.15) is 76.8 Å². The van der Waals surface area contributed by atoms with Gasteiger partial charge in [-0.15, -0.1) is 0 Å². The average Bonchev–Trinajstić information content (AvgIpc) is 3.93. The van der Waals surface area contributed by atoms with Gasteiger partial charge in [-0.3, -0.25) is 19.5 Å². The Hall–Kier alpha value is -4.42. The molecule has 1 aromatic carbocycles. The summed E-state index contributed by atoms with van der Waals surface area (Å²) in [4.78, 5) is 48.7. The maximum absolute atomic E-state index is 14.9. The Balaban J connectivity index is 1.01. The van der Waals surface area contributed by atoms with Crippen LogP contribution in [0, 0.1) is 17.7 Å². The molecule has 5 fully saturated rings.